The maximum absolute atomic E-state index is 12.8. The molecule has 4 rings (SSSR count). The van der Waals surface area contributed by atoms with Gasteiger partial charge in [-0.05, 0) is 36.8 Å². The molecule has 1 aliphatic rings. The van der Waals surface area contributed by atoms with Gasteiger partial charge in [0.2, 0.25) is 0 Å². The summed E-state index contributed by atoms with van der Waals surface area (Å²) in [6.07, 6.45) is 2.35. The number of nitrogens with one attached hydrogen (secondary N) is 1. The van der Waals surface area contributed by atoms with E-state index in [4.69, 9.17) is 9.83 Å². The van der Waals surface area contributed by atoms with E-state index in [1.54, 1.807) is 30.3 Å². The molecule has 3 aromatic rings. The van der Waals surface area contributed by atoms with Gasteiger partial charge in [0.1, 0.15) is 27.5 Å². The van der Waals surface area contributed by atoms with E-state index in [0.717, 1.165) is 23.2 Å². The molecule has 0 unspecified atom stereocenters. The SMILES string of the molecule is CCc1nnc([C@@H]2C(=N)S/C(=C\c3ccc(-c4ccc([N+](=O)[O-])cc4)o3)C2=O)s1. The number of rotatable bonds is 5. The van der Waals surface area contributed by atoms with E-state index in [-0.39, 0.29) is 16.5 Å². The van der Waals surface area contributed by atoms with Crippen molar-refractivity contribution in [3.05, 3.63) is 67.2 Å². The molecule has 0 radical (unpaired) electrons. The number of non-ortho nitro benzene ring substituents is 1. The van der Waals surface area contributed by atoms with Gasteiger partial charge < -0.3 is 4.42 Å². The number of carbonyl (C=O) groups is 1. The lowest BCUT2D eigenvalue weighted by Gasteiger charge is -2.00. The second-order valence-corrected chi connectivity index (χ2v) is 8.34. The summed E-state index contributed by atoms with van der Waals surface area (Å²) in [7, 11) is 0. The highest BCUT2D eigenvalue weighted by molar-refractivity contribution is 8.19. The standard InChI is InChI=1S/C19H14N4O4S2/c1-2-15-21-22-19(29-15)16-17(24)14(28-18(16)20)9-12-7-8-13(27-12)10-3-5-11(6-4-10)23(25)26/h3-9,16,20H,2H2,1H3/b14-9-,20-18?/t16-/m0/s1. The topological polar surface area (TPSA) is 123 Å². The van der Waals surface area contributed by atoms with Crippen LogP contribution < -0.4 is 0 Å². The van der Waals surface area contributed by atoms with Gasteiger partial charge in [-0.15, -0.1) is 21.5 Å². The second-order valence-electron chi connectivity index (χ2n) is 6.17. The minimum absolute atomic E-state index is 0.00283. The van der Waals surface area contributed by atoms with Crippen LogP contribution in [-0.4, -0.2) is 25.9 Å². The molecule has 10 heteroatoms. The smallest absolute Gasteiger partial charge is 0.269 e. The number of furan rings is 1. The molecule has 8 nitrogen and oxygen atoms in total. The number of nitrogens with zero attached hydrogens (tertiary/aromatic N) is 3. The minimum atomic E-state index is -0.701. The predicted molar refractivity (Wildman–Crippen MR) is 111 cm³/mol. The predicted octanol–water partition coefficient (Wildman–Crippen LogP) is 4.69. The Bertz CT molecular complexity index is 1150. The summed E-state index contributed by atoms with van der Waals surface area (Å²) >= 11 is 2.45. The number of hydrogen-bond donors (Lipinski definition) is 1. The van der Waals surface area contributed by atoms with Crippen molar-refractivity contribution in [2.75, 3.05) is 0 Å². The van der Waals surface area contributed by atoms with Crippen LogP contribution in [-0.2, 0) is 11.2 Å². The number of aromatic nitrogens is 2. The van der Waals surface area contributed by atoms with Crippen LogP contribution in [0.2, 0.25) is 0 Å². The molecule has 0 saturated carbocycles. The third-order valence-corrected chi connectivity index (χ3v) is 6.41. The zero-order valence-corrected chi connectivity index (χ0v) is 16.8. The van der Waals surface area contributed by atoms with Crippen molar-refractivity contribution in [1.29, 1.82) is 5.41 Å². The molecular formula is C19H14N4O4S2. The number of thioether (sulfide) groups is 1. The molecule has 1 aromatic carbocycles. The third-order valence-electron chi connectivity index (χ3n) is 4.28. The van der Waals surface area contributed by atoms with Crippen LogP contribution in [0.1, 0.15) is 28.6 Å². The number of nitro groups is 1. The zero-order chi connectivity index (χ0) is 20.5. The Labute approximate surface area is 173 Å². The van der Waals surface area contributed by atoms with Gasteiger partial charge in [0.05, 0.1) is 14.9 Å². The average Bonchev–Trinajstić information content (AvgIpc) is 3.42. The van der Waals surface area contributed by atoms with E-state index in [1.807, 2.05) is 6.92 Å². The van der Waals surface area contributed by atoms with Crippen LogP contribution in [0.3, 0.4) is 0 Å². The summed E-state index contributed by atoms with van der Waals surface area (Å²) < 4.78 is 5.77. The molecule has 1 atom stereocenters. The van der Waals surface area contributed by atoms with Crippen LogP contribution >= 0.6 is 23.1 Å². The number of ketones is 1. The fourth-order valence-corrected chi connectivity index (χ4v) is 4.74. The van der Waals surface area contributed by atoms with Crippen molar-refractivity contribution in [2.24, 2.45) is 0 Å². The average molecular weight is 426 g/mol. The summed E-state index contributed by atoms with van der Waals surface area (Å²) in [5.74, 6) is 0.111. The van der Waals surface area contributed by atoms with Gasteiger partial charge in [0.25, 0.3) is 5.69 Å². The normalized spacial score (nSPS) is 18.0. The van der Waals surface area contributed by atoms with Gasteiger partial charge >= 0.3 is 0 Å². The Hall–Kier alpha value is -3.11. The quantitative estimate of drug-likeness (QED) is 0.357. The highest BCUT2D eigenvalue weighted by atomic mass is 32.2. The highest BCUT2D eigenvalue weighted by Crippen LogP contribution is 2.41. The van der Waals surface area contributed by atoms with Gasteiger partial charge in [-0.1, -0.05) is 18.7 Å². The molecule has 0 bridgehead atoms. The van der Waals surface area contributed by atoms with E-state index in [2.05, 4.69) is 10.2 Å². The first-order valence-corrected chi connectivity index (χ1v) is 10.3. The van der Waals surface area contributed by atoms with E-state index in [9.17, 15) is 14.9 Å². The second kappa shape index (κ2) is 7.72. The monoisotopic (exact) mass is 426 g/mol. The number of carbonyl (C=O) groups excluding carboxylic acids is 1. The first-order valence-electron chi connectivity index (χ1n) is 8.65. The number of allylic oxidation sites excluding steroid dienone is 1. The molecule has 3 heterocycles. The Morgan fingerprint density at radius 1 is 1.24 bits per heavy atom. The Morgan fingerprint density at radius 3 is 2.66 bits per heavy atom. The fourth-order valence-electron chi connectivity index (χ4n) is 2.80. The molecule has 1 aliphatic heterocycles. The third kappa shape index (κ3) is 3.76. The lowest BCUT2D eigenvalue weighted by Crippen LogP contribution is -2.11. The summed E-state index contributed by atoms with van der Waals surface area (Å²) in [6, 6.07) is 9.48. The number of nitro benzene ring substituents is 1. The first kappa shape index (κ1) is 19.2. The van der Waals surface area contributed by atoms with E-state index in [0.29, 0.717) is 27.0 Å². The van der Waals surface area contributed by atoms with Crippen LogP contribution in [0.15, 0.2) is 45.7 Å². The molecule has 1 fully saturated rings. The maximum Gasteiger partial charge on any atom is 0.269 e. The van der Waals surface area contributed by atoms with E-state index in [1.165, 1.54) is 23.5 Å². The number of Topliss-reactive ketones (excluding diaryl/α,β-unsaturated/α-hetero) is 1. The summed E-state index contributed by atoms with van der Waals surface area (Å²) in [6.45, 7) is 1.96. The van der Waals surface area contributed by atoms with Gasteiger partial charge in [0.15, 0.2) is 5.78 Å². The molecule has 0 spiro atoms. The first-order chi connectivity index (χ1) is 14.0. The molecule has 146 valence electrons. The summed E-state index contributed by atoms with van der Waals surface area (Å²) in [4.78, 5) is 23.5. The van der Waals surface area contributed by atoms with Gasteiger partial charge in [-0.25, -0.2) is 0 Å². The largest absolute Gasteiger partial charge is 0.457 e. The molecule has 1 N–H and O–H groups in total. The van der Waals surface area contributed by atoms with Crippen molar-refractivity contribution < 1.29 is 14.1 Å². The lowest BCUT2D eigenvalue weighted by molar-refractivity contribution is -0.384. The lowest BCUT2D eigenvalue weighted by atomic mass is 10.1. The molecule has 2 aromatic heterocycles. The Kier molecular flexibility index (Phi) is 5.12. The number of aryl methyl sites for hydroxylation is 1. The van der Waals surface area contributed by atoms with E-state index >= 15 is 0 Å². The maximum atomic E-state index is 12.8. The van der Waals surface area contributed by atoms with Crippen molar-refractivity contribution in [2.45, 2.75) is 19.3 Å². The highest BCUT2D eigenvalue weighted by Gasteiger charge is 2.39. The molecular weight excluding hydrogens is 412 g/mol. The van der Waals surface area contributed by atoms with E-state index < -0.39 is 10.8 Å². The van der Waals surface area contributed by atoms with Crippen LogP contribution in [0, 0.1) is 15.5 Å². The van der Waals surface area contributed by atoms with Crippen molar-refractivity contribution >= 4 is 45.7 Å². The minimum Gasteiger partial charge on any atom is -0.457 e. The summed E-state index contributed by atoms with van der Waals surface area (Å²) in [5.41, 5.74) is 0.695. The van der Waals surface area contributed by atoms with Gasteiger partial charge in [-0.3, -0.25) is 20.3 Å². The van der Waals surface area contributed by atoms with Crippen LogP contribution in [0.4, 0.5) is 5.69 Å². The number of benzene rings is 1. The molecule has 0 amide bonds. The molecule has 1 saturated heterocycles. The van der Waals surface area contributed by atoms with Gasteiger partial charge in [0, 0.05) is 17.7 Å². The summed E-state index contributed by atoms with van der Waals surface area (Å²) in [5, 5.41) is 28.7. The van der Waals surface area contributed by atoms with Crippen LogP contribution in [0.5, 0.6) is 0 Å². The van der Waals surface area contributed by atoms with Crippen molar-refractivity contribution in [3.8, 4) is 11.3 Å². The Morgan fingerprint density at radius 2 is 2.00 bits per heavy atom. The van der Waals surface area contributed by atoms with Crippen molar-refractivity contribution in [1.82, 2.24) is 10.2 Å². The fraction of sp³-hybridized carbons (Fsp3) is 0.158. The molecule has 29 heavy (non-hydrogen) atoms. The van der Waals surface area contributed by atoms with Crippen LogP contribution in [0.25, 0.3) is 17.4 Å². The Balaban J connectivity index is 1.56. The number of hydrogen-bond acceptors (Lipinski definition) is 9. The van der Waals surface area contributed by atoms with Crippen molar-refractivity contribution in [3.63, 3.8) is 0 Å². The zero-order valence-electron chi connectivity index (χ0n) is 15.1. The molecule has 0 aliphatic carbocycles. The van der Waals surface area contributed by atoms with Gasteiger partial charge in [-0.2, -0.15) is 0 Å².